The van der Waals surface area contributed by atoms with Crippen molar-refractivity contribution in [1.82, 2.24) is 15.1 Å². The maximum absolute atomic E-state index is 13.4. The Bertz CT molecular complexity index is 1360. The second-order valence-corrected chi connectivity index (χ2v) is 8.82. The lowest BCUT2D eigenvalue weighted by Crippen LogP contribution is -2.49. The van der Waals surface area contributed by atoms with Gasteiger partial charge in [0, 0.05) is 33.2 Å². The number of fused-ring (bicyclic) bond motifs is 2. The highest BCUT2D eigenvalue weighted by molar-refractivity contribution is 6.34. The van der Waals surface area contributed by atoms with Gasteiger partial charge in [-0.3, -0.25) is 9.59 Å². The van der Waals surface area contributed by atoms with Gasteiger partial charge in [-0.05, 0) is 30.3 Å². The molecule has 1 aromatic heterocycles. The van der Waals surface area contributed by atoms with Gasteiger partial charge in [-0.25, -0.2) is 0 Å². The lowest BCUT2D eigenvalue weighted by Gasteiger charge is -2.35. The second-order valence-electron chi connectivity index (χ2n) is 8.41. The molecule has 2 amide bonds. The van der Waals surface area contributed by atoms with E-state index in [4.69, 9.17) is 11.6 Å². The normalized spacial score (nSPS) is 15.7. The second kappa shape index (κ2) is 8.98. The molecule has 1 N–H and O–H groups in total. The van der Waals surface area contributed by atoms with Crippen molar-refractivity contribution in [2.45, 2.75) is 6.18 Å². The summed E-state index contributed by atoms with van der Waals surface area (Å²) in [5.74, 6) is -0.282. The largest absolute Gasteiger partial charge is 0.417 e. The molecule has 3 aromatic rings. The number of halogens is 4. The summed E-state index contributed by atoms with van der Waals surface area (Å²) in [6.07, 6.45) is -4.62. The van der Waals surface area contributed by atoms with Crippen LogP contribution in [0.1, 0.15) is 26.3 Å². The van der Waals surface area contributed by atoms with Gasteiger partial charge in [0.2, 0.25) is 0 Å². The predicted octanol–water partition coefficient (Wildman–Crippen LogP) is 4.44. The minimum absolute atomic E-state index is 0.191. The number of piperazine rings is 1. The van der Waals surface area contributed by atoms with Crippen molar-refractivity contribution in [3.05, 3.63) is 70.2 Å². The molecule has 2 aliphatic rings. The van der Waals surface area contributed by atoms with E-state index in [1.807, 2.05) is 4.90 Å². The third-order valence-electron chi connectivity index (χ3n) is 6.25. The number of carbonyl (C=O) groups is 2. The molecular formula is C24H20ClF3N6O2. The van der Waals surface area contributed by atoms with Crippen LogP contribution < -0.4 is 15.1 Å². The van der Waals surface area contributed by atoms with E-state index in [1.165, 1.54) is 23.1 Å². The first kappa shape index (κ1) is 23.9. The summed E-state index contributed by atoms with van der Waals surface area (Å²) in [4.78, 5) is 30.7. The Balaban J connectivity index is 1.35. The van der Waals surface area contributed by atoms with Gasteiger partial charge in [0.15, 0.2) is 11.6 Å². The summed E-state index contributed by atoms with van der Waals surface area (Å²) in [5.41, 5.74) is 0.110. The number of carbonyl (C=O) groups excluding carboxylic acids is 2. The molecule has 2 aliphatic heterocycles. The first-order valence-electron chi connectivity index (χ1n) is 11.1. The first-order valence-corrected chi connectivity index (χ1v) is 11.4. The van der Waals surface area contributed by atoms with Crippen molar-refractivity contribution in [2.75, 3.05) is 48.3 Å². The van der Waals surface area contributed by atoms with Crippen LogP contribution in [0.3, 0.4) is 0 Å². The van der Waals surface area contributed by atoms with Gasteiger partial charge in [0.1, 0.15) is 0 Å². The van der Waals surface area contributed by atoms with E-state index >= 15 is 0 Å². The number of para-hydroxylation sites is 1. The Labute approximate surface area is 209 Å². The van der Waals surface area contributed by atoms with Crippen LogP contribution in [0, 0.1) is 0 Å². The number of nitrogens with one attached hydrogen (secondary N) is 1. The van der Waals surface area contributed by atoms with Crippen LogP contribution in [0.25, 0.3) is 0 Å². The van der Waals surface area contributed by atoms with Crippen molar-refractivity contribution in [1.29, 1.82) is 0 Å². The van der Waals surface area contributed by atoms with E-state index in [1.54, 1.807) is 36.2 Å². The SMILES string of the molecule is CN1c2nnc(N3CCN(C(=O)c4ccccc4C(F)(F)F)CC3)cc2C(=O)Nc2cccc(Cl)c21. The minimum Gasteiger partial charge on any atom is -0.352 e. The van der Waals surface area contributed by atoms with Crippen molar-refractivity contribution in [3.63, 3.8) is 0 Å². The predicted molar refractivity (Wildman–Crippen MR) is 129 cm³/mol. The van der Waals surface area contributed by atoms with E-state index in [9.17, 15) is 22.8 Å². The molecule has 0 spiro atoms. The highest BCUT2D eigenvalue weighted by Gasteiger charge is 2.36. The zero-order valence-corrected chi connectivity index (χ0v) is 19.8. The van der Waals surface area contributed by atoms with Crippen LogP contribution in [0.4, 0.5) is 36.2 Å². The maximum Gasteiger partial charge on any atom is 0.417 e. The summed E-state index contributed by atoms with van der Waals surface area (Å²) in [6.45, 7) is 1.02. The van der Waals surface area contributed by atoms with Crippen molar-refractivity contribution < 1.29 is 22.8 Å². The Kier molecular flexibility index (Phi) is 5.95. The van der Waals surface area contributed by atoms with Crippen molar-refractivity contribution in [3.8, 4) is 0 Å². The highest BCUT2D eigenvalue weighted by atomic mass is 35.5. The average molecular weight is 517 g/mol. The summed E-state index contributed by atoms with van der Waals surface area (Å²) in [7, 11) is 1.74. The number of nitrogens with zero attached hydrogens (tertiary/aromatic N) is 5. The number of aromatic nitrogens is 2. The summed E-state index contributed by atoms with van der Waals surface area (Å²) in [5, 5.41) is 11.8. The molecule has 1 saturated heterocycles. The van der Waals surface area contributed by atoms with Gasteiger partial charge in [-0.1, -0.05) is 29.8 Å². The van der Waals surface area contributed by atoms with Gasteiger partial charge in [0.25, 0.3) is 11.8 Å². The third-order valence-corrected chi connectivity index (χ3v) is 6.55. The van der Waals surface area contributed by atoms with Crippen LogP contribution in [0.15, 0.2) is 48.5 Å². The summed E-state index contributed by atoms with van der Waals surface area (Å²) >= 11 is 6.35. The van der Waals surface area contributed by atoms with Crippen LogP contribution in [-0.4, -0.2) is 60.1 Å². The molecule has 2 aromatic carbocycles. The van der Waals surface area contributed by atoms with Gasteiger partial charge in [-0.15, -0.1) is 10.2 Å². The van der Waals surface area contributed by atoms with E-state index < -0.39 is 17.6 Å². The van der Waals surface area contributed by atoms with E-state index in [2.05, 4.69) is 15.5 Å². The minimum atomic E-state index is -4.62. The number of amides is 2. The molecule has 3 heterocycles. The summed E-state index contributed by atoms with van der Waals surface area (Å²) in [6, 6.07) is 11.6. The van der Waals surface area contributed by atoms with Crippen LogP contribution in [0.2, 0.25) is 5.02 Å². The standard InChI is InChI=1S/C24H20ClF3N6O2/c1-32-20-17(25)7-4-8-18(20)29-22(35)15-13-19(30-31-21(15)32)33-9-11-34(12-10-33)23(36)14-5-2-3-6-16(14)24(26,27)28/h2-8,13H,9-12H2,1H3,(H,29,35). The smallest absolute Gasteiger partial charge is 0.352 e. The monoisotopic (exact) mass is 516 g/mol. The zero-order chi connectivity index (χ0) is 25.6. The van der Waals surface area contributed by atoms with Crippen LogP contribution >= 0.6 is 11.6 Å². The van der Waals surface area contributed by atoms with E-state index in [-0.39, 0.29) is 24.6 Å². The van der Waals surface area contributed by atoms with E-state index in [0.717, 1.165) is 6.07 Å². The average Bonchev–Trinajstić information content (AvgIpc) is 2.97. The number of alkyl halides is 3. The van der Waals surface area contributed by atoms with Crippen LogP contribution in [-0.2, 0) is 6.18 Å². The van der Waals surface area contributed by atoms with Gasteiger partial charge in [0.05, 0.1) is 33.1 Å². The first-order chi connectivity index (χ1) is 17.1. The van der Waals surface area contributed by atoms with Gasteiger partial charge in [-0.2, -0.15) is 13.2 Å². The lowest BCUT2D eigenvalue weighted by atomic mass is 10.1. The fraction of sp³-hybridized carbons (Fsp3) is 0.250. The molecule has 1 fully saturated rings. The lowest BCUT2D eigenvalue weighted by molar-refractivity contribution is -0.138. The maximum atomic E-state index is 13.4. The molecule has 0 bridgehead atoms. The number of hydrogen-bond donors (Lipinski definition) is 1. The molecular weight excluding hydrogens is 497 g/mol. The third kappa shape index (κ3) is 4.19. The number of benzene rings is 2. The van der Waals surface area contributed by atoms with Gasteiger partial charge < -0.3 is 20.0 Å². The number of rotatable bonds is 2. The zero-order valence-electron chi connectivity index (χ0n) is 19.0. The Hall–Kier alpha value is -3.86. The van der Waals surface area contributed by atoms with Gasteiger partial charge >= 0.3 is 6.18 Å². The van der Waals surface area contributed by atoms with E-state index in [0.29, 0.717) is 46.7 Å². The Morgan fingerprint density at radius 2 is 1.75 bits per heavy atom. The van der Waals surface area contributed by atoms with Crippen molar-refractivity contribution >= 4 is 46.4 Å². The Morgan fingerprint density at radius 3 is 2.47 bits per heavy atom. The van der Waals surface area contributed by atoms with Crippen LogP contribution in [0.5, 0.6) is 0 Å². The molecule has 0 saturated carbocycles. The highest BCUT2D eigenvalue weighted by Crippen LogP contribution is 2.40. The molecule has 36 heavy (non-hydrogen) atoms. The fourth-order valence-corrected chi connectivity index (χ4v) is 4.72. The topological polar surface area (TPSA) is 81.7 Å². The molecule has 0 aliphatic carbocycles. The molecule has 5 rings (SSSR count). The number of hydrogen-bond acceptors (Lipinski definition) is 6. The summed E-state index contributed by atoms with van der Waals surface area (Å²) < 4.78 is 40.1. The molecule has 0 unspecified atom stereocenters. The van der Waals surface area contributed by atoms with Crippen molar-refractivity contribution in [2.24, 2.45) is 0 Å². The molecule has 186 valence electrons. The molecule has 0 atom stereocenters. The quantitative estimate of drug-likeness (QED) is 0.542. The number of anilines is 4. The fourth-order valence-electron chi connectivity index (χ4n) is 4.42. The molecule has 0 radical (unpaired) electrons. The Morgan fingerprint density at radius 1 is 1.03 bits per heavy atom. The molecule has 8 nitrogen and oxygen atoms in total. The molecule has 12 heteroatoms.